The first-order chi connectivity index (χ1) is 10.7. The highest BCUT2D eigenvalue weighted by Gasteiger charge is 2.46. The Labute approximate surface area is 130 Å². The van der Waals surface area contributed by atoms with Crippen LogP contribution >= 0.6 is 0 Å². The zero-order chi connectivity index (χ0) is 15.2. The Morgan fingerprint density at radius 1 is 1.18 bits per heavy atom. The molecule has 4 nitrogen and oxygen atoms in total. The molecule has 22 heavy (non-hydrogen) atoms. The number of aromatic nitrogens is 1. The molecule has 1 aromatic heterocycles. The number of hydrogen-bond acceptors (Lipinski definition) is 4. The molecule has 2 aromatic rings. The second-order valence-electron chi connectivity index (χ2n) is 6.39. The monoisotopic (exact) mass is 295 g/mol. The summed E-state index contributed by atoms with van der Waals surface area (Å²) < 4.78 is 5.73. The molecule has 1 aromatic carbocycles. The number of hydrogen-bond donors (Lipinski definition) is 2. The van der Waals surface area contributed by atoms with Gasteiger partial charge < -0.3 is 10.5 Å². The molecule has 2 unspecified atom stereocenters. The predicted molar refractivity (Wildman–Crippen MR) is 85.5 cm³/mol. The number of benzene rings is 1. The van der Waals surface area contributed by atoms with E-state index in [0.29, 0.717) is 11.7 Å². The van der Waals surface area contributed by atoms with Gasteiger partial charge in [-0.3, -0.25) is 10.7 Å². The van der Waals surface area contributed by atoms with Crippen LogP contribution in [0.3, 0.4) is 0 Å². The van der Waals surface area contributed by atoms with Crippen LogP contribution in [0.25, 0.3) is 0 Å². The van der Waals surface area contributed by atoms with Crippen molar-refractivity contribution in [2.24, 2.45) is 11.5 Å². The third-order valence-corrected chi connectivity index (χ3v) is 5.12. The van der Waals surface area contributed by atoms with Crippen LogP contribution < -0.4 is 16.2 Å². The Kier molecular flexibility index (Phi) is 3.17. The Bertz CT molecular complexity index is 696. The number of rotatable bonds is 2. The standard InChI is InChI=1S/C18H21N3O/c19-17-18(20,15-8-9-21-11-16(15)22-17)14-7-3-6-13(10-14)12-4-1-2-5-12/h3,6-12,17H,1-2,4-5,19-20H2. The molecule has 1 aliphatic carbocycles. The Morgan fingerprint density at radius 3 is 2.82 bits per heavy atom. The zero-order valence-corrected chi connectivity index (χ0v) is 12.5. The lowest BCUT2D eigenvalue weighted by Gasteiger charge is -2.29. The summed E-state index contributed by atoms with van der Waals surface area (Å²) in [6.45, 7) is 0. The molecule has 2 atom stereocenters. The van der Waals surface area contributed by atoms with Gasteiger partial charge in [0.05, 0.1) is 6.20 Å². The largest absolute Gasteiger partial charge is 0.471 e. The summed E-state index contributed by atoms with van der Waals surface area (Å²) in [6.07, 6.45) is 8.01. The van der Waals surface area contributed by atoms with Gasteiger partial charge in [0.2, 0.25) is 0 Å². The van der Waals surface area contributed by atoms with Crippen molar-refractivity contribution in [3.05, 3.63) is 59.4 Å². The minimum atomic E-state index is -0.813. The second kappa shape index (κ2) is 5.07. The van der Waals surface area contributed by atoms with E-state index in [2.05, 4.69) is 29.2 Å². The van der Waals surface area contributed by atoms with Crippen molar-refractivity contribution in [2.45, 2.75) is 43.4 Å². The minimum absolute atomic E-state index is 0.592. The van der Waals surface area contributed by atoms with Gasteiger partial charge in [-0.2, -0.15) is 0 Å². The molecule has 4 rings (SSSR count). The number of nitrogens with two attached hydrogens (primary N) is 2. The summed E-state index contributed by atoms with van der Waals surface area (Å²) in [4.78, 5) is 4.09. The lowest BCUT2D eigenvalue weighted by atomic mass is 9.82. The fourth-order valence-electron chi connectivity index (χ4n) is 3.83. The number of pyridine rings is 1. The van der Waals surface area contributed by atoms with E-state index in [1.807, 2.05) is 6.07 Å². The molecular formula is C18H21N3O. The van der Waals surface area contributed by atoms with Gasteiger partial charge in [0.15, 0.2) is 6.23 Å². The van der Waals surface area contributed by atoms with Crippen molar-refractivity contribution in [1.82, 2.24) is 4.98 Å². The maximum absolute atomic E-state index is 6.73. The summed E-state index contributed by atoms with van der Waals surface area (Å²) in [5.74, 6) is 1.34. The van der Waals surface area contributed by atoms with Gasteiger partial charge in [0.1, 0.15) is 11.3 Å². The topological polar surface area (TPSA) is 74.2 Å². The third kappa shape index (κ3) is 1.95. The predicted octanol–water partition coefficient (Wildman–Crippen LogP) is 2.62. The van der Waals surface area contributed by atoms with E-state index in [9.17, 15) is 0 Å². The van der Waals surface area contributed by atoms with Crippen LogP contribution in [0.15, 0.2) is 42.7 Å². The quantitative estimate of drug-likeness (QED) is 0.893. The molecule has 2 aliphatic rings. The van der Waals surface area contributed by atoms with E-state index in [0.717, 1.165) is 11.1 Å². The highest BCUT2D eigenvalue weighted by molar-refractivity contribution is 5.50. The first kappa shape index (κ1) is 13.7. The van der Waals surface area contributed by atoms with Crippen LogP contribution in [0.4, 0.5) is 0 Å². The van der Waals surface area contributed by atoms with Crippen LogP contribution in [0, 0.1) is 0 Å². The first-order valence-corrected chi connectivity index (χ1v) is 7.95. The summed E-state index contributed by atoms with van der Waals surface area (Å²) in [5, 5.41) is 0. The maximum Gasteiger partial charge on any atom is 0.174 e. The van der Waals surface area contributed by atoms with Crippen LogP contribution in [0.2, 0.25) is 0 Å². The lowest BCUT2D eigenvalue weighted by molar-refractivity contribution is 0.177. The van der Waals surface area contributed by atoms with Gasteiger partial charge in [0, 0.05) is 11.8 Å². The average molecular weight is 295 g/mol. The summed E-state index contributed by atoms with van der Waals surface area (Å²) >= 11 is 0. The molecule has 1 saturated carbocycles. The normalized spacial score (nSPS) is 27.6. The Balaban J connectivity index is 1.79. The van der Waals surface area contributed by atoms with E-state index in [4.69, 9.17) is 16.2 Å². The van der Waals surface area contributed by atoms with Crippen molar-refractivity contribution in [3.63, 3.8) is 0 Å². The molecule has 1 fully saturated rings. The van der Waals surface area contributed by atoms with Crippen molar-refractivity contribution >= 4 is 0 Å². The summed E-state index contributed by atoms with van der Waals surface area (Å²) in [5.41, 5.74) is 15.4. The summed E-state index contributed by atoms with van der Waals surface area (Å²) in [7, 11) is 0. The van der Waals surface area contributed by atoms with Crippen LogP contribution in [0.5, 0.6) is 5.75 Å². The molecule has 2 heterocycles. The molecule has 0 spiro atoms. The van der Waals surface area contributed by atoms with Gasteiger partial charge >= 0.3 is 0 Å². The molecule has 4 N–H and O–H groups in total. The van der Waals surface area contributed by atoms with Crippen LogP contribution in [0.1, 0.15) is 48.3 Å². The zero-order valence-electron chi connectivity index (χ0n) is 12.5. The fraction of sp³-hybridized carbons (Fsp3) is 0.389. The SMILES string of the molecule is NC1Oc2cnccc2C1(N)c1cccc(C2CCCC2)c1. The van der Waals surface area contributed by atoms with E-state index in [1.54, 1.807) is 12.4 Å². The average Bonchev–Trinajstić information content (AvgIpc) is 3.16. The maximum atomic E-state index is 6.73. The molecule has 0 amide bonds. The number of nitrogens with zero attached hydrogens (tertiary/aromatic N) is 1. The van der Waals surface area contributed by atoms with Crippen molar-refractivity contribution < 1.29 is 4.74 Å². The van der Waals surface area contributed by atoms with Gasteiger partial charge in [-0.25, -0.2) is 0 Å². The number of ether oxygens (including phenoxy) is 1. The molecule has 0 saturated heterocycles. The first-order valence-electron chi connectivity index (χ1n) is 7.95. The van der Waals surface area contributed by atoms with Crippen molar-refractivity contribution in [2.75, 3.05) is 0 Å². The van der Waals surface area contributed by atoms with E-state index in [1.165, 1.54) is 31.2 Å². The van der Waals surface area contributed by atoms with E-state index in [-0.39, 0.29) is 0 Å². The van der Waals surface area contributed by atoms with Gasteiger partial charge in [-0.1, -0.05) is 37.1 Å². The van der Waals surface area contributed by atoms with Crippen molar-refractivity contribution in [3.8, 4) is 5.75 Å². The number of fused-ring (bicyclic) bond motifs is 1. The molecule has 4 heteroatoms. The molecule has 0 radical (unpaired) electrons. The molecular weight excluding hydrogens is 274 g/mol. The molecule has 0 bridgehead atoms. The fourth-order valence-corrected chi connectivity index (χ4v) is 3.83. The second-order valence-corrected chi connectivity index (χ2v) is 6.39. The third-order valence-electron chi connectivity index (χ3n) is 5.12. The van der Waals surface area contributed by atoms with Crippen LogP contribution in [-0.4, -0.2) is 11.2 Å². The van der Waals surface area contributed by atoms with E-state index >= 15 is 0 Å². The molecule has 1 aliphatic heterocycles. The van der Waals surface area contributed by atoms with E-state index < -0.39 is 11.8 Å². The Morgan fingerprint density at radius 2 is 2.00 bits per heavy atom. The Hall–Kier alpha value is -1.91. The smallest absolute Gasteiger partial charge is 0.174 e. The van der Waals surface area contributed by atoms with Crippen LogP contribution in [-0.2, 0) is 5.54 Å². The highest BCUT2D eigenvalue weighted by atomic mass is 16.5. The highest BCUT2D eigenvalue weighted by Crippen LogP contribution is 2.43. The lowest BCUT2D eigenvalue weighted by Crippen LogP contribution is -2.52. The van der Waals surface area contributed by atoms with Crippen molar-refractivity contribution in [1.29, 1.82) is 0 Å². The van der Waals surface area contributed by atoms with Gasteiger partial charge in [-0.15, -0.1) is 0 Å². The molecule has 114 valence electrons. The van der Waals surface area contributed by atoms with Gasteiger partial charge in [-0.05, 0) is 36.0 Å². The minimum Gasteiger partial charge on any atom is -0.471 e. The summed E-state index contributed by atoms with van der Waals surface area (Å²) in [6, 6.07) is 10.5. The van der Waals surface area contributed by atoms with Gasteiger partial charge in [0.25, 0.3) is 0 Å².